The summed E-state index contributed by atoms with van der Waals surface area (Å²) in [5.74, 6) is 0.136. The predicted octanol–water partition coefficient (Wildman–Crippen LogP) is 4.41. The molecule has 0 spiro atoms. The largest absolute Gasteiger partial charge is 0.481 e. The lowest BCUT2D eigenvalue weighted by molar-refractivity contribution is -0.145. The van der Waals surface area contributed by atoms with Gasteiger partial charge in [-0.15, -0.1) is 0 Å². The van der Waals surface area contributed by atoms with Crippen molar-refractivity contribution in [2.75, 3.05) is 0 Å². The molecule has 3 heteroatoms. The molecule has 1 fully saturated rings. The van der Waals surface area contributed by atoms with E-state index >= 15 is 0 Å². The van der Waals surface area contributed by atoms with E-state index in [4.69, 9.17) is 11.6 Å². The molecule has 0 aliphatic heterocycles. The van der Waals surface area contributed by atoms with Gasteiger partial charge >= 0.3 is 5.97 Å². The highest BCUT2D eigenvalue weighted by molar-refractivity contribution is 6.30. The third-order valence-corrected chi connectivity index (χ3v) is 4.65. The molecule has 0 aromatic heterocycles. The Kier molecular flexibility index (Phi) is 4.87. The highest BCUT2D eigenvalue weighted by Gasteiger charge is 2.34. The first-order valence-electron chi connectivity index (χ1n) is 7.07. The molecule has 1 saturated carbocycles. The van der Waals surface area contributed by atoms with Gasteiger partial charge in [-0.2, -0.15) is 0 Å². The molecule has 0 heterocycles. The molecule has 1 N–H and O–H groups in total. The van der Waals surface area contributed by atoms with E-state index < -0.39 is 5.97 Å². The van der Waals surface area contributed by atoms with Crippen molar-refractivity contribution in [2.45, 2.75) is 39.0 Å². The topological polar surface area (TPSA) is 37.3 Å². The Bertz CT molecular complexity index is 427. The Morgan fingerprint density at radius 2 is 2.00 bits per heavy atom. The van der Waals surface area contributed by atoms with Crippen LogP contribution in [0.4, 0.5) is 0 Å². The molecular weight excluding hydrogens is 260 g/mol. The first-order valence-corrected chi connectivity index (χ1v) is 7.45. The minimum absolute atomic E-state index is 0.182. The van der Waals surface area contributed by atoms with Gasteiger partial charge in [-0.1, -0.05) is 37.1 Å². The van der Waals surface area contributed by atoms with Crippen LogP contribution in [0.5, 0.6) is 0 Å². The summed E-state index contributed by atoms with van der Waals surface area (Å²) >= 11 is 5.89. The zero-order valence-electron chi connectivity index (χ0n) is 11.3. The molecule has 1 aliphatic carbocycles. The molecule has 1 aromatic rings. The van der Waals surface area contributed by atoms with Crippen LogP contribution in [0.25, 0.3) is 0 Å². The second kappa shape index (κ2) is 6.42. The molecule has 3 unspecified atom stereocenters. The standard InChI is InChI=1S/C16H21ClO2/c1-2-11-5-8-15(16(18)19)13(9-11)10-12-3-6-14(17)7-4-12/h3-4,6-7,11,13,15H,2,5,8-10H2,1H3,(H,18,19). The number of halogens is 1. The quantitative estimate of drug-likeness (QED) is 0.887. The van der Waals surface area contributed by atoms with Gasteiger partial charge in [0.1, 0.15) is 0 Å². The minimum atomic E-state index is -0.631. The van der Waals surface area contributed by atoms with Crippen molar-refractivity contribution in [1.29, 1.82) is 0 Å². The SMILES string of the molecule is CCC1CCC(C(=O)O)C(Cc2ccc(Cl)cc2)C1. The number of carbonyl (C=O) groups is 1. The van der Waals surface area contributed by atoms with E-state index in [1.165, 1.54) is 5.56 Å². The number of hydrogen-bond acceptors (Lipinski definition) is 1. The van der Waals surface area contributed by atoms with Gasteiger partial charge < -0.3 is 5.11 Å². The molecular formula is C16H21ClO2. The Balaban J connectivity index is 2.08. The zero-order valence-corrected chi connectivity index (χ0v) is 12.1. The fraction of sp³-hybridized carbons (Fsp3) is 0.562. The molecule has 0 bridgehead atoms. The number of benzene rings is 1. The van der Waals surface area contributed by atoms with E-state index in [1.54, 1.807) is 0 Å². The van der Waals surface area contributed by atoms with E-state index in [9.17, 15) is 9.90 Å². The molecule has 1 aromatic carbocycles. The summed E-state index contributed by atoms with van der Waals surface area (Å²) in [5.41, 5.74) is 1.19. The lowest BCUT2D eigenvalue weighted by atomic mass is 9.71. The van der Waals surface area contributed by atoms with Crippen molar-refractivity contribution in [2.24, 2.45) is 17.8 Å². The van der Waals surface area contributed by atoms with Crippen molar-refractivity contribution >= 4 is 17.6 Å². The summed E-state index contributed by atoms with van der Waals surface area (Å²) in [6.45, 7) is 2.20. The summed E-state index contributed by atoms with van der Waals surface area (Å²) in [4.78, 5) is 11.4. The van der Waals surface area contributed by atoms with Gasteiger partial charge in [-0.3, -0.25) is 4.79 Å². The van der Waals surface area contributed by atoms with Crippen LogP contribution < -0.4 is 0 Å². The van der Waals surface area contributed by atoms with E-state index in [0.29, 0.717) is 5.92 Å². The molecule has 2 nitrogen and oxygen atoms in total. The molecule has 0 amide bonds. The van der Waals surface area contributed by atoms with Crippen molar-refractivity contribution in [3.8, 4) is 0 Å². The fourth-order valence-electron chi connectivity index (χ4n) is 3.21. The van der Waals surface area contributed by atoms with Gasteiger partial charge in [0.2, 0.25) is 0 Å². The summed E-state index contributed by atoms with van der Waals surface area (Å²) in [6, 6.07) is 7.78. The first kappa shape index (κ1) is 14.4. The number of carboxylic acid groups (broad SMARTS) is 1. The van der Waals surface area contributed by atoms with Crippen molar-refractivity contribution < 1.29 is 9.90 Å². The van der Waals surface area contributed by atoms with Gasteiger partial charge in [0.05, 0.1) is 5.92 Å². The molecule has 104 valence electrons. The number of rotatable bonds is 4. The van der Waals surface area contributed by atoms with E-state index in [1.807, 2.05) is 24.3 Å². The van der Waals surface area contributed by atoms with Crippen LogP contribution in [0.3, 0.4) is 0 Å². The lowest BCUT2D eigenvalue weighted by Gasteiger charge is -2.33. The van der Waals surface area contributed by atoms with E-state index in [0.717, 1.165) is 37.1 Å². The summed E-state index contributed by atoms with van der Waals surface area (Å²) in [5, 5.41) is 10.1. The van der Waals surface area contributed by atoms with Gasteiger partial charge in [-0.05, 0) is 55.2 Å². The van der Waals surface area contributed by atoms with Crippen molar-refractivity contribution in [3.05, 3.63) is 34.9 Å². The maximum Gasteiger partial charge on any atom is 0.306 e. The van der Waals surface area contributed by atoms with Crippen LogP contribution >= 0.6 is 11.6 Å². The van der Waals surface area contributed by atoms with Gasteiger partial charge in [0.15, 0.2) is 0 Å². The fourth-order valence-corrected chi connectivity index (χ4v) is 3.33. The average Bonchev–Trinajstić information content (AvgIpc) is 2.41. The third-order valence-electron chi connectivity index (χ3n) is 4.40. The maximum atomic E-state index is 11.4. The monoisotopic (exact) mass is 280 g/mol. The van der Waals surface area contributed by atoms with Crippen LogP contribution in [-0.2, 0) is 11.2 Å². The van der Waals surface area contributed by atoms with Crippen molar-refractivity contribution in [3.63, 3.8) is 0 Å². The molecule has 2 rings (SSSR count). The smallest absolute Gasteiger partial charge is 0.306 e. The second-order valence-corrected chi connectivity index (χ2v) is 6.06. The molecule has 0 radical (unpaired) electrons. The van der Waals surface area contributed by atoms with Crippen LogP contribution in [0.15, 0.2) is 24.3 Å². The normalized spacial score (nSPS) is 27.2. The maximum absolute atomic E-state index is 11.4. The number of aliphatic carboxylic acids is 1. The third kappa shape index (κ3) is 3.73. The van der Waals surface area contributed by atoms with E-state index in [2.05, 4.69) is 6.92 Å². The van der Waals surface area contributed by atoms with Gasteiger partial charge in [0, 0.05) is 5.02 Å². The van der Waals surface area contributed by atoms with Crippen molar-refractivity contribution in [1.82, 2.24) is 0 Å². The first-order chi connectivity index (χ1) is 9.10. The second-order valence-electron chi connectivity index (χ2n) is 5.62. The molecule has 0 saturated heterocycles. The van der Waals surface area contributed by atoms with Gasteiger partial charge in [0.25, 0.3) is 0 Å². The molecule has 1 aliphatic rings. The summed E-state index contributed by atoms with van der Waals surface area (Å²) in [7, 11) is 0. The predicted molar refractivity (Wildman–Crippen MR) is 77.4 cm³/mol. The van der Waals surface area contributed by atoms with Crippen LogP contribution in [0.1, 0.15) is 38.2 Å². The lowest BCUT2D eigenvalue weighted by Crippen LogP contribution is -2.31. The Morgan fingerprint density at radius 1 is 1.32 bits per heavy atom. The zero-order chi connectivity index (χ0) is 13.8. The Hall–Kier alpha value is -1.02. The van der Waals surface area contributed by atoms with Crippen LogP contribution in [-0.4, -0.2) is 11.1 Å². The summed E-state index contributed by atoms with van der Waals surface area (Å²) < 4.78 is 0. The average molecular weight is 281 g/mol. The highest BCUT2D eigenvalue weighted by Crippen LogP contribution is 2.37. The minimum Gasteiger partial charge on any atom is -0.481 e. The number of hydrogen-bond donors (Lipinski definition) is 1. The Labute approximate surface area is 119 Å². The number of carboxylic acids is 1. The Morgan fingerprint density at radius 3 is 2.58 bits per heavy atom. The van der Waals surface area contributed by atoms with Gasteiger partial charge in [-0.25, -0.2) is 0 Å². The van der Waals surface area contributed by atoms with Crippen LogP contribution in [0, 0.1) is 17.8 Å². The highest BCUT2D eigenvalue weighted by atomic mass is 35.5. The van der Waals surface area contributed by atoms with Crippen LogP contribution in [0.2, 0.25) is 5.02 Å². The summed E-state index contributed by atoms with van der Waals surface area (Å²) in [6.07, 6.45) is 4.93. The molecule has 3 atom stereocenters. The molecule has 19 heavy (non-hydrogen) atoms. The van der Waals surface area contributed by atoms with E-state index in [-0.39, 0.29) is 11.8 Å².